The maximum Gasteiger partial charge on any atom is 0.186 e. The Morgan fingerprint density at radius 2 is 1.88 bits per heavy atom. The van der Waals surface area contributed by atoms with Gasteiger partial charge in [0.25, 0.3) is 0 Å². The summed E-state index contributed by atoms with van der Waals surface area (Å²) in [5.41, 5.74) is 0.977. The first-order valence-electron chi connectivity index (χ1n) is 5.90. The largest absolute Gasteiger partial charge is 0.486 e. The topological polar surface area (TPSA) is 33.7 Å². The molecular formula is C12H15ClN2O2. The summed E-state index contributed by atoms with van der Waals surface area (Å²) in [4.78, 5) is 2.26. The molecule has 4 nitrogen and oxygen atoms in total. The molecular weight excluding hydrogens is 240 g/mol. The molecule has 1 aromatic carbocycles. The summed E-state index contributed by atoms with van der Waals surface area (Å²) < 4.78 is 11.3. The average molecular weight is 255 g/mol. The van der Waals surface area contributed by atoms with Crippen LogP contribution < -0.4 is 19.7 Å². The highest BCUT2D eigenvalue weighted by molar-refractivity contribution is 6.33. The van der Waals surface area contributed by atoms with Crippen molar-refractivity contribution in [3.05, 3.63) is 17.2 Å². The second-order valence-corrected chi connectivity index (χ2v) is 4.56. The van der Waals surface area contributed by atoms with Crippen LogP contribution in [0.5, 0.6) is 11.5 Å². The molecule has 1 fully saturated rings. The summed E-state index contributed by atoms with van der Waals surface area (Å²) >= 11 is 6.30. The van der Waals surface area contributed by atoms with Crippen LogP contribution in [0.3, 0.4) is 0 Å². The molecule has 3 rings (SSSR count). The van der Waals surface area contributed by atoms with E-state index in [1.54, 1.807) is 0 Å². The van der Waals surface area contributed by atoms with Gasteiger partial charge >= 0.3 is 0 Å². The maximum absolute atomic E-state index is 6.30. The Morgan fingerprint density at radius 3 is 2.71 bits per heavy atom. The van der Waals surface area contributed by atoms with Crippen molar-refractivity contribution in [2.24, 2.45) is 0 Å². The third-order valence-electron chi connectivity index (χ3n) is 3.07. The standard InChI is InChI=1S/C12H15ClN2O2/c13-9-1-2-10-12(17-8-7-16-10)11(9)15-5-3-14-4-6-15/h1-2,14H,3-8H2. The minimum Gasteiger partial charge on any atom is -0.486 e. The Morgan fingerprint density at radius 1 is 1.12 bits per heavy atom. The molecule has 0 atom stereocenters. The van der Waals surface area contributed by atoms with Crippen LogP contribution in [-0.4, -0.2) is 39.4 Å². The number of hydrogen-bond donors (Lipinski definition) is 1. The number of halogens is 1. The number of nitrogens with zero attached hydrogens (tertiary/aromatic N) is 1. The third kappa shape index (κ3) is 2.03. The van der Waals surface area contributed by atoms with Crippen LogP contribution in [-0.2, 0) is 0 Å². The summed E-state index contributed by atoms with van der Waals surface area (Å²) in [6.45, 7) is 5.03. The van der Waals surface area contributed by atoms with Crippen molar-refractivity contribution < 1.29 is 9.47 Å². The Bertz CT molecular complexity index is 419. The molecule has 5 heteroatoms. The zero-order valence-corrected chi connectivity index (χ0v) is 10.3. The van der Waals surface area contributed by atoms with Crippen molar-refractivity contribution in [2.75, 3.05) is 44.3 Å². The lowest BCUT2D eigenvalue weighted by Gasteiger charge is -2.33. The predicted octanol–water partition coefficient (Wildman–Crippen LogP) is 1.52. The number of nitrogens with one attached hydrogen (secondary N) is 1. The summed E-state index contributed by atoms with van der Waals surface area (Å²) in [6.07, 6.45) is 0. The molecule has 0 aliphatic carbocycles. The zero-order chi connectivity index (χ0) is 11.7. The minimum absolute atomic E-state index is 0.590. The fourth-order valence-electron chi connectivity index (χ4n) is 2.26. The molecule has 0 spiro atoms. The molecule has 0 radical (unpaired) electrons. The quantitative estimate of drug-likeness (QED) is 0.824. The molecule has 2 aliphatic heterocycles. The van der Waals surface area contributed by atoms with E-state index in [0.717, 1.165) is 48.4 Å². The molecule has 0 aromatic heterocycles. The van der Waals surface area contributed by atoms with Gasteiger partial charge in [-0.15, -0.1) is 0 Å². The minimum atomic E-state index is 0.590. The van der Waals surface area contributed by atoms with Gasteiger partial charge in [0.2, 0.25) is 0 Å². The molecule has 1 N–H and O–H groups in total. The second-order valence-electron chi connectivity index (χ2n) is 4.16. The van der Waals surface area contributed by atoms with Crippen molar-refractivity contribution in [3.8, 4) is 11.5 Å². The van der Waals surface area contributed by atoms with Crippen LogP contribution >= 0.6 is 11.6 Å². The lowest BCUT2D eigenvalue weighted by atomic mass is 10.2. The van der Waals surface area contributed by atoms with E-state index in [2.05, 4.69) is 10.2 Å². The Labute approximate surface area is 105 Å². The van der Waals surface area contributed by atoms with Crippen molar-refractivity contribution in [1.29, 1.82) is 0 Å². The van der Waals surface area contributed by atoms with Crippen LogP contribution in [0.25, 0.3) is 0 Å². The maximum atomic E-state index is 6.30. The van der Waals surface area contributed by atoms with E-state index in [9.17, 15) is 0 Å². The zero-order valence-electron chi connectivity index (χ0n) is 9.54. The first kappa shape index (κ1) is 11.0. The van der Waals surface area contributed by atoms with E-state index in [1.807, 2.05) is 12.1 Å². The summed E-state index contributed by atoms with van der Waals surface area (Å²) in [6, 6.07) is 3.76. The lowest BCUT2D eigenvalue weighted by Crippen LogP contribution is -2.44. The van der Waals surface area contributed by atoms with Gasteiger partial charge in [0, 0.05) is 26.2 Å². The summed E-state index contributed by atoms with van der Waals surface area (Å²) in [5.74, 6) is 1.60. The Hall–Kier alpha value is -1.13. The summed E-state index contributed by atoms with van der Waals surface area (Å²) in [7, 11) is 0. The van der Waals surface area contributed by atoms with Gasteiger partial charge in [-0.05, 0) is 12.1 Å². The van der Waals surface area contributed by atoms with E-state index in [0.29, 0.717) is 13.2 Å². The normalized spacial score (nSPS) is 19.2. The number of rotatable bonds is 1. The molecule has 0 unspecified atom stereocenters. The highest BCUT2D eigenvalue weighted by Gasteiger charge is 2.24. The van der Waals surface area contributed by atoms with Crippen LogP contribution in [0.15, 0.2) is 12.1 Å². The lowest BCUT2D eigenvalue weighted by molar-refractivity contribution is 0.172. The van der Waals surface area contributed by atoms with Crippen LogP contribution in [0.4, 0.5) is 5.69 Å². The second kappa shape index (κ2) is 4.63. The smallest absolute Gasteiger partial charge is 0.186 e. The molecule has 2 heterocycles. The van der Waals surface area contributed by atoms with Crippen LogP contribution in [0, 0.1) is 0 Å². The molecule has 92 valence electrons. The van der Waals surface area contributed by atoms with Crippen molar-refractivity contribution in [1.82, 2.24) is 5.32 Å². The molecule has 2 aliphatic rings. The highest BCUT2D eigenvalue weighted by Crippen LogP contribution is 2.44. The van der Waals surface area contributed by atoms with Gasteiger partial charge in [0.1, 0.15) is 18.9 Å². The first-order chi connectivity index (χ1) is 8.36. The fourth-order valence-corrected chi connectivity index (χ4v) is 2.53. The SMILES string of the molecule is Clc1ccc2c(c1N1CCNCC1)OCCO2. The van der Waals surface area contributed by atoms with Crippen molar-refractivity contribution >= 4 is 17.3 Å². The van der Waals surface area contributed by atoms with Gasteiger partial charge in [-0.25, -0.2) is 0 Å². The molecule has 1 saturated heterocycles. The summed E-state index contributed by atoms with van der Waals surface area (Å²) in [5, 5.41) is 4.06. The van der Waals surface area contributed by atoms with E-state index < -0.39 is 0 Å². The molecule has 0 saturated carbocycles. The number of hydrogen-bond acceptors (Lipinski definition) is 4. The van der Waals surface area contributed by atoms with E-state index >= 15 is 0 Å². The average Bonchev–Trinajstić information content (AvgIpc) is 2.39. The molecule has 0 amide bonds. The van der Waals surface area contributed by atoms with E-state index in [-0.39, 0.29) is 0 Å². The van der Waals surface area contributed by atoms with Gasteiger partial charge in [-0.2, -0.15) is 0 Å². The number of anilines is 1. The van der Waals surface area contributed by atoms with Gasteiger partial charge in [-0.1, -0.05) is 11.6 Å². The first-order valence-corrected chi connectivity index (χ1v) is 6.28. The fraction of sp³-hybridized carbons (Fsp3) is 0.500. The third-order valence-corrected chi connectivity index (χ3v) is 3.37. The number of benzene rings is 1. The van der Waals surface area contributed by atoms with Gasteiger partial charge < -0.3 is 19.7 Å². The van der Waals surface area contributed by atoms with Crippen LogP contribution in [0.2, 0.25) is 5.02 Å². The Kier molecular flexibility index (Phi) is 2.99. The van der Waals surface area contributed by atoms with Gasteiger partial charge in [-0.3, -0.25) is 0 Å². The monoisotopic (exact) mass is 254 g/mol. The van der Waals surface area contributed by atoms with E-state index in [4.69, 9.17) is 21.1 Å². The number of ether oxygens (including phenoxy) is 2. The van der Waals surface area contributed by atoms with Crippen molar-refractivity contribution in [2.45, 2.75) is 0 Å². The van der Waals surface area contributed by atoms with Gasteiger partial charge in [0.05, 0.1) is 5.02 Å². The molecule has 17 heavy (non-hydrogen) atoms. The Balaban J connectivity index is 2.01. The highest BCUT2D eigenvalue weighted by atomic mass is 35.5. The van der Waals surface area contributed by atoms with Crippen LogP contribution in [0.1, 0.15) is 0 Å². The molecule has 0 bridgehead atoms. The predicted molar refractivity (Wildman–Crippen MR) is 67.5 cm³/mol. The van der Waals surface area contributed by atoms with Gasteiger partial charge in [0.15, 0.2) is 11.5 Å². The van der Waals surface area contributed by atoms with Crippen molar-refractivity contribution in [3.63, 3.8) is 0 Å². The number of piperazine rings is 1. The number of fused-ring (bicyclic) bond motifs is 1. The molecule has 1 aromatic rings. The van der Waals surface area contributed by atoms with E-state index in [1.165, 1.54) is 0 Å².